The third-order valence-corrected chi connectivity index (χ3v) is 5.80. The lowest BCUT2D eigenvalue weighted by atomic mass is 9.84. The van der Waals surface area contributed by atoms with E-state index in [0.29, 0.717) is 25.0 Å². The first-order valence-corrected chi connectivity index (χ1v) is 10.9. The molecule has 1 saturated carbocycles. The van der Waals surface area contributed by atoms with Crippen molar-refractivity contribution in [1.82, 2.24) is 20.4 Å². The number of ether oxygens (including phenoxy) is 1. The Labute approximate surface area is 197 Å². The van der Waals surface area contributed by atoms with E-state index in [-0.39, 0.29) is 24.0 Å². The Hall–Kier alpha value is -1.55. The molecule has 1 saturated heterocycles. The van der Waals surface area contributed by atoms with Crippen molar-refractivity contribution in [2.24, 2.45) is 10.9 Å². The molecule has 0 atom stereocenters. The molecule has 1 aliphatic carbocycles. The van der Waals surface area contributed by atoms with Gasteiger partial charge in [-0.1, -0.05) is 24.6 Å². The Morgan fingerprint density at radius 3 is 2.53 bits per heavy atom. The van der Waals surface area contributed by atoms with Crippen LogP contribution in [-0.2, 0) is 11.3 Å². The third kappa shape index (κ3) is 7.01. The van der Waals surface area contributed by atoms with Gasteiger partial charge in [0.2, 0.25) is 5.91 Å². The van der Waals surface area contributed by atoms with Gasteiger partial charge in [0, 0.05) is 64.3 Å². The number of halogens is 1. The topological polar surface area (TPSA) is 69.2 Å². The first-order chi connectivity index (χ1) is 14.2. The van der Waals surface area contributed by atoms with Crippen molar-refractivity contribution in [3.05, 3.63) is 29.8 Å². The Bertz CT molecular complexity index is 688. The van der Waals surface area contributed by atoms with Crippen LogP contribution in [-0.4, -0.2) is 74.6 Å². The van der Waals surface area contributed by atoms with Crippen molar-refractivity contribution >= 4 is 35.8 Å². The Balaban J connectivity index is 0.00000320. The number of guanidine groups is 1. The van der Waals surface area contributed by atoms with Gasteiger partial charge in [0.1, 0.15) is 5.75 Å². The largest absolute Gasteiger partial charge is 0.494 e. The fourth-order valence-electron chi connectivity index (χ4n) is 3.78. The molecule has 1 heterocycles. The minimum Gasteiger partial charge on any atom is -0.494 e. The molecule has 1 aromatic rings. The van der Waals surface area contributed by atoms with Crippen molar-refractivity contribution in [2.45, 2.75) is 32.7 Å². The van der Waals surface area contributed by atoms with E-state index >= 15 is 0 Å². The Morgan fingerprint density at radius 2 is 1.90 bits per heavy atom. The van der Waals surface area contributed by atoms with Crippen molar-refractivity contribution in [3.63, 3.8) is 0 Å². The molecule has 2 N–H and O–H groups in total. The number of piperazine rings is 1. The van der Waals surface area contributed by atoms with Crippen LogP contribution in [0, 0.1) is 5.92 Å². The van der Waals surface area contributed by atoms with Crippen LogP contribution in [0.1, 0.15) is 31.7 Å². The lowest BCUT2D eigenvalue weighted by Crippen LogP contribution is -2.52. The van der Waals surface area contributed by atoms with Gasteiger partial charge in [-0.3, -0.25) is 14.7 Å². The third-order valence-electron chi connectivity index (χ3n) is 5.80. The molecule has 7 nitrogen and oxygen atoms in total. The number of rotatable bonds is 8. The SMILES string of the molecule is CCOc1ccccc1CNC(=NC)NCCN1CCN(C(=O)C2CCC2)CC1.I. The van der Waals surface area contributed by atoms with Crippen LogP contribution in [0.25, 0.3) is 0 Å². The maximum atomic E-state index is 12.3. The number of carbonyl (C=O) groups is 1. The summed E-state index contributed by atoms with van der Waals surface area (Å²) in [7, 11) is 1.79. The van der Waals surface area contributed by atoms with Crippen LogP contribution >= 0.6 is 24.0 Å². The number of benzene rings is 1. The second kappa shape index (κ2) is 13.0. The van der Waals surface area contributed by atoms with E-state index in [1.807, 2.05) is 25.1 Å². The van der Waals surface area contributed by atoms with E-state index in [9.17, 15) is 4.79 Å². The van der Waals surface area contributed by atoms with Gasteiger partial charge < -0.3 is 20.3 Å². The molecule has 0 aromatic heterocycles. The molecule has 1 aliphatic heterocycles. The smallest absolute Gasteiger partial charge is 0.225 e. The van der Waals surface area contributed by atoms with Crippen LogP contribution in [0.3, 0.4) is 0 Å². The molecule has 168 valence electrons. The number of hydrogen-bond acceptors (Lipinski definition) is 4. The van der Waals surface area contributed by atoms with Crippen molar-refractivity contribution in [2.75, 3.05) is 52.9 Å². The highest BCUT2D eigenvalue weighted by atomic mass is 127. The van der Waals surface area contributed by atoms with Gasteiger partial charge in [0.15, 0.2) is 5.96 Å². The average Bonchev–Trinajstić information content (AvgIpc) is 2.71. The highest BCUT2D eigenvalue weighted by Gasteiger charge is 2.30. The van der Waals surface area contributed by atoms with Crippen LogP contribution in [0.4, 0.5) is 0 Å². The van der Waals surface area contributed by atoms with Gasteiger partial charge in [0.05, 0.1) is 6.61 Å². The monoisotopic (exact) mass is 529 g/mol. The van der Waals surface area contributed by atoms with Gasteiger partial charge in [-0.2, -0.15) is 0 Å². The predicted octanol–water partition coefficient (Wildman–Crippen LogP) is 2.31. The highest BCUT2D eigenvalue weighted by molar-refractivity contribution is 14.0. The molecule has 0 spiro atoms. The minimum atomic E-state index is 0. The van der Waals surface area contributed by atoms with Crippen LogP contribution < -0.4 is 15.4 Å². The van der Waals surface area contributed by atoms with Gasteiger partial charge >= 0.3 is 0 Å². The molecule has 0 unspecified atom stereocenters. The molecule has 1 amide bonds. The summed E-state index contributed by atoms with van der Waals surface area (Å²) in [5.74, 6) is 2.39. The zero-order valence-electron chi connectivity index (χ0n) is 18.2. The summed E-state index contributed by atoms with van der Waals surface area (Å²) in [6.45, 7) is 8.70. The summed E-state index contributed by atoms with van der Waals surface area (Å²) >= 11 is 0. The minimum absolute atomic E-state index is 0. The van der Waals surface area contributed by atoms with Crippen LogP contribution in [0.5, 0.6) is 5.75 Å². The highest BCUT2D eigenvalue weighted by Crippen LogP contribution is 2.28. The van der Waals surface area contributed by atoms with Crippen LogP contribution in [0.2, 0.25) is 0 Å². The van der Waals surface area contributed by atoms with Gasteiger partial charge in [0.25, 0.3) is 0 Å². The second-order valence-corrected chi connectivity index (χ2v) is 7.69. The van der Waals surface area contributed by atoms with E-state index < -0.39 is 0 Å². The van der Waals surface area contributed by atoms with E-state index in [1.165, 1.54) is 6.42 Å². The summed E-state index contributed by atoms with van der Waals surface area (Å²) in [5, 5.41) is 6.74. The predicted molar refractivity (Wildman–Crippen MR) is 132 cm³/mol. The molecule has 3 rings (SSSR count). The quantitative estimate of drug-likeness (QED) is 0.308. The molecule has 8 heteroatoms. The zero-order chi connectivity index (χ0) is 20.5. The Morgan fingerprint density at radius 1 is 1.17 bits per heavy atom. The number of hydrogen-bond donors (Lipinski definition) is 2. The summed E-state index contributed by atoms with van der Waals surface area (Å²) in [6.07, 6.45) is 3.39. The van der Waals surface area contributed by atoms with Gasteiger partial charge in [-0.05, 0) is 25.8 Å². The molecular formula is C22H36IN5O2. The molecular weight excluding hydrogens is 493 g/mol. The normalized spacial score (nSPS) is 17.7. The summed E-state index contributed by atoms with van der Waals surface area (Å²) < 4.78 is 5.68. The number of carbonyl (C=O) groups excluding carboxylic acids is 1. The lowest BCUT2D eigenvalue weighted by Gasteiger charge is -2.38. The number of para-hydroxylation sites is 1. The average molecular weight is 529 g/mol. The van der Waals surface area contributed by atoms with Crippen molar-refractivity contribution in [3.8, 4) is 5.75 Å². The lowest BCUT2D eigenvalue weighted by molar-refractivity contribution is -0.139. The molecule has 1 aromatic carbocycles. The fraction of sp³-hybridized carbons (Fsp3) is 0.636. The van der Waals surface area contributed by atoms with E-state index in [1.54, 1.807) is 7.05 Å². The van der Waals surface area contributed by atoms with Gasteiger partial charge in [-0.25, -0.2) is 0 Å². The number of nitrogens with zero attached hydrogens (tertiary/aromatic N) is 3. The summed E-state index contributed by atoms with van der Waals surface area (Å²) in [5.41, 5.74) is 1.12. The Kier molecular flexibility index (Phi) is 10.7. The number of nitrogens with one attached hydrogen (secondary N) is 2. The summed E-state index contributed by atoms with van der Waals surface area (Å²) in [6, 6.07) is 8.06. The van der Waals surface area contributed by atoms with E-state index in [2.05, 4.69) is 31.5 Å². The molecule has 2 aliphatic rings. The van der Waals surface area contributed by atoms with E-state index in [0.717, 1.165) is 69.4 Å². The standard InChI is InChI=1S/C22H35N5O2.HI/c1-3-29-20-10-5-4-7-19(20)17-25-22(23-2)24-11-12-26-13-15-27(16-14-26)21(28)18-8-6-9-18;/h4-5,7,10,18H,3,6,8-9,11-17H2,1-2H3,(H2,23,24,25);1H. The van der Waals surface area contributed by atoms with Crippen molar-refractivity contribution in [1.29, 1.82) is 0 Å². The number of aliphatic imine (C=N–C) groups is 1. The van der Waals surface area contributed by atoms with Crippen LogP contribution in [0.15, 0.2) is 29.3 Å². The maximum absolute atomic E-state index is 12.3. The zero-order valence-corrected chi connectivity index (χ0v) is 20.6. The fourth-order valence-corrected chi connectivity index (χ4v) is 3.78. The molecule has 2 fully saturated rings. The van der Waals surface area contributed by atoms with Gasteiger partial charge in [-0.15, -0.1) is 24.0 Å². The van der Waals surface area contributed by atoms with Crippen molar-refractivity contribution < 1.29 is 9.53 Å². The first-order valence-electron chi connectivity index (χ1n) is 10.9. The van der Waals surface area contributed by atoms with E-state index in [4.69, 9.17) is 4.74 Å². The molecule has 0 bridgehead atoms. The molecule has 30 heavy (non-hydrogen) atoms. The second-order valence-electron chi connectivity index (χ2n) is 7.69. The number of amides is 1. The molecule has 0 radical (unpaired) electrons. The first kappa shape index (κ1) is 24.7. The maximum Gasteiger partial charge on any atom is 0.225 e. The summed E-state index contributed by atoms with van der Waals surface area (Å²) in [4.78, 5) is 21.1.